The zero-order chi connectivity index (χ0) is 11.3. The Bertz CT molecular complexity index is 373. The van der Waals surface area contributed by atoms with Crippen molar-refractivity contribution in [2.24, 2.45) is 5.73 Å². The molecule has 0 aliphatic heterocycles. The first kappa shape index (κ1) is 11.5. The molecular weight excluding hydrogens is 186 g/mol. The number of rotatable bonds is 4. The molecule has 0 aliphatic carbocycles. The average molecular weight is 201 g/mol. The third kappa shape index (κ3) is 2.93. The van der Waals surface area contributed by atoms with Crippen LogP contribution in [0.2, 0.25) is 0 Å². The van der Waals surface area contributed by atoms with E-state index in [0.717, 1.165) is 6.42 Å². The lowest BCUT2D eigenvalue weighted by Crippen LogP contribution is -2.29. The number of Topliss-reactive ketones (excluding diaryl/α,β-unsaturated/α-hetero) is 1. The van der Waals surface area contributed by atoms with Crippen molar-refractivity contribution in [2.45, 2.75) is 25.8 Å². The van der Waals surface area contributed by atoms with Gasteiger partial charge in [0.2, 0.25) is 0 Å². The van der Waals surface area contributed by atoms with Gasteiger partial charge in [0.05, 0.1) is 6.04 Å². The molecule has 0 saturated heterocycles. The summed E-state index contributed by atoms with van der Waals surface area (Å²) in [6.45, 7) is 2.07. The van der Waals surface area contributed by atoms with Crippen LogP contribution in [0.3, 0.4) is 0 Å². The van der Waals surface area contributed by atoms with Gasteiger partial charge >= 0.3 is 0 Å². The van der Waals surface area contributed by atoms with Crippen molar-refractivity contribution in [2.75, 3.05) is 0 Å². The Balaban J connectivity index is 2.79. The van der Waals surface area contributed by atoms with Crippen LogP contribution in [0.5, 0.6) is 0 Å². The highest BCUT2D eigenvalue weighted by Gasteiger charge is 2.13. The molecule has 0 heterocycles. The third-order valence-electron chi connectivity index (χ3n) is 2.32. The predicted molar refractivity (Wildman–Crippen MR) is 61.6 cm³/mol. The van der Waals surface area contributed by atoms with Crippen molar-refractivity contribution in [3.05, 3.63) is 35.4 Å². The van der Waals surface area contributed by atoms with E-state index in [2.05, 4.69) is 12.8 Å². The molecule has 2 nitrogen and oxygen atoms in total. The first-order chi connectivity index (χ1) is 7.19. The van der Waals surface area contributed by atoms with E-state index < -0.39 is 6.04 Å². The number of aryl methyl sites for hydroxylation is 1. The Morgan fingerprint density at radius 1 is 1.47 bits per heavy atom. The van der Waals surface area contributed by atoms with E-state index in [-0.39, 0.29) is 12.2 Å². The smallest absolute Gasteiger partial charge is 0.180 e. The zero-order valence-corrected chi connectivity index (χ0v) is 8.86. The topological polar surface area (TPSA) is 43.1 Å². The Labute approximate surface area is 90.5 Å². The van der Waals surface area contributed by atoms with Gasteiger partial charge in [0.25, 0.3) is 0 Å². The van der Waals surface area contributed by atoms with Gasteiger partial charge in [-0.2, -0.15) is 0 Å². The van der Waals surface area contributed by atoms with E-state index in [4.69, 9.17) is 12.2 Å². The molecule has 1 unspecified atom stereocenters. The normalized spacial score (nSPS) is 11.8. The predicted octanol–water partition coefficient (Wildman–Crippen LogP) is 1.78. The first-order valence-corrected chi connectivity index (χ1v) is 5.01. The van der Waals surface area contributed by atoms with Gasteiger partial charge in [0, 0.05) is 12.0 Å². The molecule has 0 radical (unpaired) electrons. The molecule has 78 valence electrons. The Morgan fingerprint density at radius 3 is 2.53 bits per heavy atom. The Morgan fingerprint density at radius 2 is 2.07 bits per heavy atom. The van der Waals surface area contributed by atoms with E-state index in [1.807, 2.05) is 12.1 Å². The Kier molecular flexibility index (Phi) is 4.08. The molecule has 0 spiro atoms. The number of hydrogen-bond donors (Lipinski definition) is 1. The largest absolute Gasteiger partial charge is 0.320 e. The minimum atomic E-state index is -0.581. The van der Waals surface area contributed by atoms with Crippen LogP contribution < -0.4 is 5.73 Å². The van der Waals surface area contributed by atoms with Gasteiger partial charge in [-0.25, -0.2) is 0 Å². The molecule has 0 amide bonds. The van der Waals surface area contributed by atoms with E-state index in [9.17, 15) is 4.79 Å². The quantitative estimate of drug-likeness (QED) is 0.596. The summed E-state index contributed by atoms with van der Waals surface area (Å²) in [5, 5.41) is 0. The number of carbonyl (C=O) groups is 1. The van der Waals surface area contributed by atoms with Crippen LogP contribution in [-0.2, 0) is 6.42 Å². The van der Waals surface area contributed by atoms with Crippen LogP contribution >= 0.6 is 0 Å². The molecule has 1 atom stereocenters. The summed E-state index contributed by atoms with van der Waals surface area (Å²) in [5.41, 5.74) is 7.48. The van der Waals surface area contributed by atoms with Gasteiger partial charge in [-0.1, -0.05) is 31.2 Å². The van der Waals surface area contributed by atoms with Crippen molar-refractivity contribution >= 4 is 5.78 Å². The second kappa shape index (κ2) is 5.33. The fourth-order valence-electron chi connectivity index (χ4n) is 1.34. The van der Waals surface area contributed by atoms with Gasteiger partial charge in [-0.05, 0) is 12.0 Å². The number of terminal acetylenes is 1. The van der Waals surface area contributed by atoms with Crippen LogP contribution in [0.25, 0.3) is 0 Å². The van der Waals surface area contributed by atoms with Crippen molar-refractivity contribution in [3.8, 4) is 12.3 Å². The minimum Gasteiger partial charge on any atom is -0.320 e. The molecule has 1 aromatic rings. The average Bonchev–Trinajstić information content (AvgIpc) is 2.28. The molecule has 0 bridgehead atoms. The molecular formula is C13H15NO. The lowest BCUT2D eigenvalue weighted by molar-refractivity contribution is 0.0963. The fourth-order valence-corrected chi connectivity index (χ4v) is 1.34. The van der Waals surface area contributed by atoms with Crippen LogP contribution in [0.4, 0.5) is 0 Å². The van der Waals surface area contributed by atoms with Gasteiger partial charge in [0.1, 0.15) is 0 Å². The third-order valence-corrected chi connectivity index (χ3v) is 2.32. The standard InChI is InChI=1S/C13H15NO/c1-3-5-12(14)13(15)11-8-6-10(4-2)7-9-11/h1,6-9,12H,4-5,14H2,2H3. The number of hydrogen-bond acceptors (Lipinski definition) is 2. The van der Waals surface area contributed by atoms with Gasteiger partial charge in [-0.3, -0.25) is 4.79 Å². The van der Waals surface area contributed by atoms with Gasteiger partial charge in [-0.15, -0.1) is 12.3 Å². The maximum atomic E-state index is 11.7. The van der Waals surface area contributed by atoms with E-state index in [1.54, 1.807) is 12.1 Å². The molecule has 0 saturated carbocycles. The summed E-state index contributed by atoms with van der Waals surface area (Å²) in [4.78, 5) is 11.7. The number of carbonyl (C=O) groups excluding carboxylic acids is 1. The molecule has 0 fully saturated rings. The molecule has 2 heteroatoms. The molecule has 1 rings (SSSR count). The second-order valence-electron chi connectivity index (χ2n) is 3.43. The zero-order valence-electron chi connectivity index (χ0n) is 8.86. The second-order valence-corrected chi connectivity index (χ2v) is 3.43. The summed E-state index contributed by atoms with van der Waals surface area (Å²) in [6.07, 6.45) is 6.36. The van der Waals surface area contributed by atoms with Crippen molar-refractivity contribution in [1.82, 2.24) is 0 Å². The lowest BCUT2D eigenvalue weighted by atomic mass is 10.0. The highest BCUT2D eigenvalue weighted by molar-refractivity contribution is 6.00. The molecule has 0 aliphatic rings. The number of ketones is 1. The summed E-state index contributed by atoms with van der Waals surface area (Å²) >= 11 is 0. The van der Waals surface area contributed by atoms with Crippen molar-refractivity contribution in [1.29, 1.82) is 0 Å². The summed E-state index contributed by atoms with van der Waals surface area (Å²) in [6, 6.07) is 6.91. The van der Waals surface area contributed by atoms with E-state index in [1.165, 1.54) is 5.56 Å². The number of benzene rings is 1. The van der Waals surface area contributed by atoms with Gasteiger partial charge < -0.3 is 5.73 Å². The molecule has 0 aromatic heterocycles. The maximum absolute atomic E-state index is 11.7. The monoisotopic (exact) mass is 201 g/mol. The SMILES string of the molecule is C#CCC(N)C(=O)c1ccc(CC)cc1. The minimum absolute atomic E-state index is 0.0874. The first-order valence-electron chi connectivity index (χ1n) is 5.01. The lowest BCUT2D eigenvalue weighted by Gasteiger charge is -2.07. The van der Waals surface area contributed by atoms with E-state index >= 15 is 0 Å². The summed E-state index contributed by atoms with van der Waals surface area (Å²) in [7, 11) is 0. The van der Waals surface area contributed by atoms with Crippen molar-refractivity contribution < 1.29 is 4.79 Å². The molecule has 15 heavy (non-hydrogen) atoms. The van der Waals surface area contributed by atoms with Crippen LogP contribution in [0.15, 0.2) is 24.3 Å². The highest BCUT2D eigenvalue weighted by atomic mass is 16.1. The van der Waals surface area contributed by atoms with Crippen LogP contribution in [0, 0.1) is 12.3 Å². The summed E-state index contributed by atoms with van der Waals surface area (Å²) < 4.78 is 0. The number of nitrogens with two attached hydrogens (primary N) is 1. The van der Waals surface area contributed by atoms with E-state index in [0.29, 0.717) is 5.56 Å². The van der Waals surface area contributed by atoms with Crippen molar-refractivity contribution in [3.63, 3.8) is 0 Å². The van der Waals surface area contributed by atoms with Crippen LogP contribution in [-0.4, -0.2) is 11.8 Å². The fraction of sp³-hybridized carbons (Fsp3) is 0.308. The van der Waals surface area contributed by atoms with Gasteiger partial charge in [0.15, 0.2) is 5.78 Å². The Hall–Kier alpha value is -1.59. The van der Waals surface area contributed by atoms with Crippen LogP contribution in [0.1, 0.15) is 29.3 Å². The highest BCUT2D eigenvalue weighted by Crippen LogP contribution is 2.08. The molecule has 2 N–H and O–H groups in total. The molecule has 1 aromatic carbocycles. The maximum Gasteiger partial charge on any atom is 0.180 e. The summed E-state index contributed by atoms with van der Waals surface area (Å²) in [5.74, 6) is 2.31.